The molecule has 47 heavy (non-hydrogen) atoms. The first-order valence-corrected chi connectivity index (χ1v) is 16.6. The molecule has 0 amide bonds. The smallest absolute Gasteiger partial charge is 0.0159 e. The lowest BCUT2D eigenvalue weighted by molar-refractivity contribution is 0.661. The van der Waals surface area contributed by atoms with E-state index in [0.29, 0.717) is 0 Å². The van der Waals surface area contributed by atoms with Crippen molar-refractivity contribution in [2.45, 2.75) is 19.3 Å². The Morgan fingerprint density at radius 2 is 0.766 bits per heavy atom. The Morgan fingerprint density at radius 1 is 0.298 bits per heavy atom. The molecule has 9 aromatic carbocycles. The lowest BCUT2D eigenvalue weighted by atomic mass is 9.81. The van der Waals surface area contributed by atoms with Crippen LogP contribution in [-0.2, 0) is 5.41 Å². The highest BCUT2D eigenvalue weighted by Crippen LogP contribution is 2.50. The molecule has 0 saturated heterocycles. The molecule has 1 aliphatic carbocycles. The summed E-state index contributed by atoms with van der Waals surface area (Å²) in [5.41, 5.74) is 10.6. The first-order valence-electron chi connectivity index (χ1n) is 16.6. The molecule has 0 heterocycles. The van der Waals surface area contributed by atoms with Crippen LogP contribution in [0.15, 0.2) is 158 Å². The minimum atomic E-state index is -0.0161. The third-order valence-electron chi connectivity index (χ3n) is 10.8. The summed E-state index contributed by atoms with van der Waals surface area (Å²) in [6, 6.07) is 59.1. The Kier molecular flexibility index (Phi) is 5.44. The molecule has 0 aromatic heterocycles. The van der Waals surface area contributed by atoms with E-state index in [0.717, 1.165) is 0 Å². The van der Waals surface area contributed by atoms with Crippen LogP contribution >= 0.6 is 0 Å². The number of fused-ring (bicyclic) bond motifs is 10. The highest BCUT2D eigenvalue weighted by Gasteiger charge is 2.35. The van der Waals surface area contributed by atoms with Gasteiger partial charge in [0, 0.05) is 5.41 Å². The van der Waals surface area contributed by atoms with E-state index < -0.39 is 0 Å². The zero-order chi connectivity index (χ0) is 31.3. The quantitative estimate of drug-likeness (QED) is 0.174. The minimum absolute atomic E-state index is 0.0161. The minimum Gasteiger partial charge on any atom is -0.0619 e. The predicted octanol–water partition coefficient (Wildman–Crippen LogP) is 13.1. The topological polar surface area (TPSA) is 0 Å². The highest BCUT2D eigenvalue weighted by atomic mass is 14.4. The van der Waals surface area contributed by atoms with E-state index in [-0.39, 0.29) is 5.41 Å². The van der Waals surface area contributed by atoms with Gasteiger partial charge in [-0.25, -0.2) is 0 Å². The van der Waals surface area contributed by atoms with Crippen LogP contribution in [0, 0.1) is 0 Å². The van der Waals surface area contributed by atoms with Crippen molar-refractivity contribution in [3.8, 4) is 33.4 Å². The van der Waals surface area contributed by atoms with Gasteiger partial charge in [0.1, 0.15) is 0 Å². The molecular weight excluding hydrogens is 565 g/mol. The van der Waals surface area contributed by atoms with Crippen LogP contribution in [0.25, 0.3) is 87.2 Å². The van der Waals surface area contributed by atoms with Gasteiger partial charge < -0.3 is 0 Å². The molecule has 9 aromatic rings. The maximum atomic E-state index is 2.47. The summed E-state index contributed by atoms with van der Waals surface area (Å²) in [6.45, 7) is 4.73. The number of rotatable bonds is 2. The van der Waals surface area contributed by atoms with E-state index in [1.807, 2.05) is 0 Å². The molecule has 0 N–H and O–H groups in total. The Hall–Kier alpha value is -5.72. The van der Waals surface area contributed by atoms with Gasteiger partial charge in [0.05, 0.1) is 0 Å². The van der Waals surface area contributed by atoms with Crippen molar-refractivity contribution in [1.82, 2.24) is 0 Å². The second-order valence-electron chi connectivity index (χ2n) is 13.8. The Bertz CT molecular complexity index is 2760. The fourth-order valence-corrected chi connectivity index (χ4v) is 8.22. The average molecular weight is 597 g/mol. The van der Waals surface area contributed by atoms with Crippen molar-refractivity contribution in [1.29, 1.82) is 0 Å². The SMILES string of the molecule is CC1(C)c2ccccc2-c2cc3ccc4ccc(-c5ccc6cc(-c7ccc8ccc9ccccc9c8c7)ccc6c5)cc4c3cc21. The van der Waals surface area contributed by atoms with E-state index in [1.165, 1.54) is 98.4 Å². The van der Waals surface area contributed by atoms with Crippen molar-refractivity contribution in [2.75, 3.05) is 0 Å². The first-order chi connectivity index (χ1) is 23.0. The molecule has 0 atom stereocenters. The van der Waals surface area contributed by atoms with Gasteiger partial charge in [-0.3, -0.25) is 0 Å². The van der Waals surface area contributed by atoms with Gasteiger partial charge in [-0.15, -0.1) is 0 Å². The fourth-order valence-electron chi connectivity index (χ4n) is 8.22. The number of benzene rings is 9. The summed E-state index contributed by atoms with van der Waals surface area (Å²) >= 11 is 0. The Morgan fingerprint density at radius 3 is 1.45 bits per heavy atom. The van der Waals surface area contributed by atoms with Crippen LogP contribution in [0.5, 0.6) is 0 Å². The zero-order valence-electron chi connectivity index (χ0n) is 26.5. The molecule has 0 bridgehead atoms. The van der Waals surface area contributed by atoms with Crippen LogP contribution in [0.1, 0.15) is 25.0 Å². The molecule has 0 radical (unpaired) electrons. The third kappa shape index (κ3) is 3.95. The zero-order valence-corrected chi connectivity index (χ0v) is 26.5. The lowest BCUT2D eigenvalue weighted by Crippen LogP contribution is -2.14. The molecule has 0 spiro atoms. The van der Waals surface area contributed by atoms with Crippen LogP contribution in [-0.4, -0.2) is 0 Å². The molecular formula is C47H32. The first kappa shape index (κ1) is 26.5. The molecule has 0 aliphatic heterocycles. The Balaban J connectivity index is 1.06. The Labute approximate surface area is 274 Å². The molecule has 0 heteroatoms. The van der Waals surface area contributed by atoms with Gasteiger partial charge in [-0.05, 0) is 135 Å². The van der Waals surface area contributed by atoms with Crippen LogP contribution in [0.4, 0.5) is 0 Å². The summed E-state index contributed by atoms with van der Waals surface area (Å²) in [5, 5.41) is 12.9. The molecule has 1 aliphatic rings. The number of hydrogen-bond donors (Lipinski definition) is 0. The highest BCUT2D eigenvalue weighted by molar-refractivity contribution is 6.11. The summed E-state index contributed by atoms with van der Waals surface area (Å²) < 4.78 is 0. The van der Waals surface area contributed by atoms with E-state index in [2.05, 4.69) is 172 Å². The van der Waals surface area contributed by atoms with E-state index in [9.17, 15) is 0 Å². The van der Waals surface area contributed by atoms with Gasteiger partial charge in [0.15, 0.2) is 0 Å². The van der Waals surface area contributed by atoms with E-state index >= 15 is 0 Å². The molecule has 0 saturated carbocycles. The van der Waals surface area contributed by atoms with Crippen LogP contribution < -0.4 is 0 Å². The molecule has 10 rings (SSSR count). The fraction of sp³-hybridized carbons (Fsp3) is 0.0638. The molecule has 0 unspecified atom stereocenters. The van der Waals surface area contributed by atoms with Crippen molar-refractivity contribution in [3.05, 3.63) is 169 Å². The van der Waals surface area contributed by atoms with Crippen molar-refractivity contribution < 1.29 is 0 Å². The van der Waals surface area contributed by atoms with Gasteiger partial charge in [-0.1, -0.05) is 135 Å². The molecule has 0 fully saturated rings. The van der Waals surface area contributed by atoms with Crippen LogP contribution in [0.3, 0.4) is 0 Å². The molecule has 0 nitrogen and oxygen atoms in total. The van der Waals surface area contributed by atoms with Crippen molar-refractivity contribution in [2.24, 2.45) is 0 Å². The normalized spacial score (nSPS) is 13.5. The maximum Gasteiger partial charge on any atom is 0.0159 e. The summed E-state index contributed by atoms with van der Waals surface area (Å²) in [5.74, 6) is 0. The standard InChI is InChI=1S/C47H32/c1-47(2)45-10-6-5-9-40(45)44-27-38-22-15-31-14-17-37(26-42(31)43(38)28-46(44)47)35-21-19-32-23-34(20-18-33(32)24-35)36-16-13-30-12-11-29-7-3-4-8-39(29)41(30)25-36/h3-28H,1-2H3. The number of hydrogen-bond acceptors (Lipinski definition) is 0. The van der Waals surface area contributed by atoms with Crippen molar-refractivity contribution in [3.63, 3.8) is 0 Å². The summed E-state index contributed by atoms with van der Waals surface area (Å²) in [7, 11) is 0. The van der Waals surface area contributed by atoms with E-state index in [4.69, 9.17) is 0 Å². The molecule has 220 valence electrons. The second kappa shape index (κ2) is 9.64. The van der Waals surface area contributed by atoms with E-state index in [1.54, 1.807) is 0 Å². The average Bonchev–Trinajstić information content (AvgIpc) is 3.35. The van der Waals surface area contributed by atoms with Gasteiger partial charge in [0.2, 0.25) is 0 Å². The lowest BCUT2D eigenvalue weighted by Gasteiger charge is -2.22. The third-order valence-corrected chi connectivity index (χ3v) is 10.8. The maximum absolute atomic E-state index is 2.47. The van der Waals surface area contributed by atoms with Crippen LogP contribution in [0.2, 0.25) is 0 Å². The summed E-state index contributed by atoms with van der Waals surface area (Å²) in [6.07, 6.45) is 0. The second-order valence-corrected chi connectivity index (χ2v) is 13.8. The predicted molar refractivity (Wildman–Crippen MR) is 202 cm³/mol. The largest absolute Gasteiger partial charge is 0.0619 e. The van der Waals surface area contributed by atoms with Gasteiger partial charge in [0.25, 0.3) is 0 Å². The van der Waals surface area contributed by atoms with Gasteiger partial charge >= 0.3 is 0 Å². The van der Waals surface area contributed by atoms with Crippen molar-refractivity contribution >= 4 is 53.9 Å². The van der Waals surface area contributed by atoms with Gasteiger partial charge in [-0.2, -0.15) is 0 Å². The summed E-state index contributed by atoms with van der Waals surface area (Å²) in [4.78, 5) is 0. The monoisotopic (exact) mass is 596 g/mol.